The molecule has 0 aliphatic carbocycles. The monoisotopic (exact) mass is 472 g/mol. The number of aromatic nitrogens is 2. The number of halogens is 3. The number of carbonyl (C=O) groups excluding carboxylic acids is 1. The van der Waals surface area contributed by atoms with Crippen LogP contribution in [0.25, 0.3) is 11.3 Å². The molecular formula is C18H15Cl2FN4O4S. The van der Waals surface area contributed by atoms with Crippen LogP contribution < -0.4 is 15.0 Å². The number of nitrogens with zero attached hydrogens (tertiary/aromatic N) is 2. The van der Waals surface area contributed by atoms with E-state index in [0.29, 0.717) is 17.0 Å². The molecule has 30 heavy (non-hydrogen) atoms. The van der Waals surface area contributed by atoms with E-state index in [9.17, 15) is 17.6 Å². The lowest BCUT2D eigenvalue weighted by molar-refractivity contribution is 0.0941. The van der Waals surface area contributed by atoms with Gasteiger partial charge in [-0.2, -0.15) is 0 Å². The molecule has 12 heteroatoms. The van der Waals surface area contributed by atoms with Gasteiger partial charge < -0.3 is 9.30 Å². The summed E-state index contributed by atoms with van der Waals surface area (Å²) in [5.41, 5.74) is 2.33. The molecule has 0 bridgehead atoms. The van der Waals surface area contributed by atoms with E-state index in [1.807, 2.05) is 10.3 Å². The van der Waals surface area contributed by atoms with Crippen LogP contribution in [0, 0.1) is 5.82 Å². The Morgan fingerprint density at radius 3 is 2.53 bits per heavy atom. The minimum Gasteiger partial charge on any atom is -0.497 e. The lowest BCUT2D eigenvalue weighted by Crippen LogP contribution is -2.42. The van der Waals surface area contributed by atoms with E-state index < -0.39 is 27.3 Å². The first-order chi connectivity index (χ1) is 14.1. The van der Waals surface area contributed by atoms with Crippen molar-refractivity contribution in [2.24, 2.45) is 7.05 Å². The standard InChI is InChI=1S/C18H15Cl2FN4O4S/c1-25-8-15(22-9-25)10-5-12(17(21)14(20)6-10)18(26)23-24-30(27,28)16-4-3-11(29-2)7-13(16)19/h3-9,24H,1-2H3,(H,23,26). The Bertz CT molecular complexity index is 1230. The number of rotatable bonds is 6. The summed E-state index contributed by atoms with van der Waals surface area (Å²) in [5, 5.41) is -0.438. The van der Waals surface area contributed by atoms with E-state index in [-0.39, 0.29) is 14.9 Å². The molecule has 0 spiro atoms. The fraction of sp³-hybridized carbons (Fsp3) is 0.111. The van der Waals surface area contributed by atoms with Gasteiger partial charge in [-0.15, -0.1) is 4.83 Å². The first-order valence-electron chi connectivity index (χ1n) is 8.25. The zero-order chi connectivity index (χ0) is 22.1. The van der Waals surface area contributed by atoms with Gasteiger partial charge in [0.25, 0.3) is 15.9 Å². The molecule has 2 N–H and O–H groups in total. The van der Waals surface area contributed by atoms with Crippen LogP contribution in [0.5, 0.6) is 5.75 Å². The zero-order valence-corrected chi connectivity index (χ0v) is 17.9. The molecular weight excluding hydrogens is 458 g/mol. The molecule has 0 atom stereocenters. The van der Waals surface area contributed by atoms with Crippen molar-refractivity contribution in [2.75, 3.05) is 7.11 Å². The molecule has 3 rings (SSSR count). The molecule has 1 aromatic heterocycles. The average Bonchev–Trinajstić information content (AvgIpc) is 3.14. The number of methoxy groups -OCH3 is 1. The van der Waals surface area contributed by atoms with Crippen LogP contribution >= 0.6 is 23.2 Å². The Hall–Kier alpha value is -2.66. The number of hydrazine groups is 1. The Balaban J connectivity index is 1.85. The Labute approximate surface area is 181 Å². The zero-order valence-electron chi connectivity index (χ0n) is 15.6. The minimum absolute atomic E-state index is 0.123. The molecule has 0 radical (unpaired) electrons. The summed E-state index contributed by atoms with van der Waals surface area (Å²) < 4.78 is 45.9. The van der Waals surface area contributed by atoms with Crippen LogP contribution in [0.1, 0.15) is 10.4 Å². The predicted octanol–water partition coefficient (Wildman–Crippen LogP) is 3.16. The van der Waals surface area contributed by atoms with Crippen molar-refractivity contribution in [2.45, 2.75) is 4.90 Å². The van der Waals surface area contributed by atoms with Crippen molar-refractivity contribution >= 4 is 39.1 Å². The van der Waals surface area contributed by atoms with Crippen molar-refractivity contribution < 1.29 is 22.3 Å². The van der Waals surface area contributed by atoms with Crippen molar-refractivity contribution in [3.8, 4) is 17.0 Å². The molecule has 3 aromatic rings. The predicted molar refractivity (Wildman–Crippen MR) is 109 cm³/mol. The summed E-state index contributed by atoms with van der Waals surface area (Å²) in [4.78, 5) is 18.2. The second-order valence-corrected chi connectivity index (χ2v) is 8.57. The third kappa shape index (κ3) is 4.57. The Morgan fingerprint density at radius 2 is 1.93 bits per heavy atom. The Kier molecular flexibility index (Phi) is 6.32. The lowest BCUT2D eigenvalue weighted by atomic mass is 10.1. The normalized spacial score (nSPS) is 11.4. The van der Waals surface area contributed by atoms with Crippen LogP contribution in [0.4, 0.5) is 4.39 Å². The number of amides is 1. The molecule has 1 amide bonds. The largest absolute Gasteiger partial charge is 0.497 e. The highest BCUT2D eigenvalue weighted by molar-refractivity contribution is 7.89. The van der Waals surface area contributed by atoms with Gasteiger partial charge in [0.15, 0.2) is 5.82 Å². The Morgan fingerprint density at radius 1 is 1.20 bits per heavy atom. The minimum atomic E-state index is -4.24. The van der Waals surface area contributed by atoms with E-state index in [1.165, 1.54) is 43.8 Å². The van der Waals surface area contributed by atoms with Gasteiger partial charge in [-0.25, -0.2) is 17.8 Å². The van der Waals surface area contributed by atoms with Crippen molar-refractivity contribution in [1.82, 2.24) is 19.8 Å². The van der Waals surface area contributed by atoms with Gasteiger partial charge in [-0.3, -0.25) is 10.2 Å². The second kappa shape index (κ2) is 8.60. The first kappa shape index (κ1) is 22.0. The van der Waals surface area contributed by atoms with Gasteiger partial charge in [0.2, 0.25) is 0 Å². The number of nitrogens with one attached hydrogen (secondary N) is 2. The van der Waals surface area contributed by atoms with E-state index in [0.717, 1.165) is 0 Å². The maximum Gasteiger partial charge on any atom is 0.269 e. The summed E-state index contributed by atoms with van der Waals surface area (Å²) in [5.74, 6) is -1.71. The second-order valence-electron chi connectivity index (χ2n) is 6.10. The fourth-order valence-electron chi connectivity index (χ4n) is 2.53. The van der Waals surface area contributed by atoms with Crippen molar-refractivity contribution in [1.29, 1.82) is 0 Å². The summed E-state index contributed by atoms with van der Waals surface area (Å²) >= 11 is 11.9. The maximum absolute atomic E-state index is 14.4. The summed E-state index contributed by atoms with van der Waals surface area (Å²) in [7, 11) is -1.10. The SMILES string of the molecule is COc1ccc(S(=O)(=O)NNC(=O)c2cc(-c3cn(C)cn3)cc(Cl)c2F)c(Cl)c1. The number of sulfonamides is 1. The number of aryl methyl sites for hydroxylation is 1. The average molecular weight is 473 g/mol. The van der Waals surface area contributed by atoms with E-state index in [1.54, 1.807) is 17.8 Å². The van der Waals surface area contributed by atoms with Gasteiger partial charge in [-0.05, 0) is 24.3 Å². The number of carbonyl (C=O) groups is 1. The molecule has 2 aromatic carbocycles. The number of hydrogen-bond acceptors (Lipinski definition) is 5. The third-order valence-electron chi connectivity index (χ3n) is 4.00. The fourth-order valence-corrected chi connectivity index (χ4v) is 4.12. The molecule has 0 unspecified atom stereocenters. The third-order valence-corrected chi connectivity index (χ3v) is 6.01. The number of hydrogen-bond donors (Lipinski definition) is 2. The molecule has 1 heterocycles. The highest BCUT2D eigenvalue weighted by Crippen LogP contribution is 2.28. The summed E-state index contributed by atoms with van der Waals surface area (Å²) in [6, 6.07) is 6.42. The van der Waals surface area contributed by atoms with Gasteiger partial charge >= 0.3 is 0 Å². The van der Waals surface area contributed by atoms with E-state index >= 15 is 0 Å². The highest BCUT2D eigenvalue weighted by atomic mass is 35.5. The summed E-state index contributed by atoms with van der Waals surface area (Å²) in [6.45, 7) is 0. The smallest absolute Gasteiger partial charge is 0.269 e. The molecule has 0 saturated heterocycles. The van der Waals surface area contributed by atoms with E-state index in [2.05, 4.69) is 4.98 Å². The topological polar surface area (TPSA) is 102 Å². The molecule has 0 aliphatic rings. The van der Waals surface area contributed by atoms with Gasteiger partial charge in [0.1, 0.15) is 10.6 Å². The van der Waals surface area contributed by atoms with Crippen LogP contribution in [0.15, 0.2) is 47.8 Å². The highest BCUT2D eigenvalue weighted by Gasteiger charge is 2.22. The molecule has 0 saturated carbocycles. The summed E-state index contributed by atoms with van der Waals surface area (Å²) in [6.07, 6.45) is 3.18. The molecule has 0 aliphatic heterocycles. The molecule has 0 fully saturated rings. The van der Waals surface area contributed by atoms with Crippen LogP contribution in [0.2, 0.25) is 10.0 Å². The van der Waals surface area contributed by atoms with Crippen molar-refractivity contribution in [3.63, 3.8) is 0 Å². The quantitative estimate of drug-likeness (QED) is 0.536. The van der Waals surface area contributed by atoms with Crippen molar-refractivity contribution in [3.05, 3.63) is 64.3 Å². The molecule has 8 nitrogen and oxygen atoms in total. The number of benzene rings is 2. The van der Waals surface area contributed by atoms with Gasteiger partial charge in [0.05, 0.1) is 34.7 Å². The van der Waals surface area contributed by atoms with Crippen LogP contribution in [-0.2, 0) is 17.1 Å². The van der Waals surface area contributed by atoms with Gasteiger partial charge in [0, 0.05) is 24.9 Å². The number of ether oxygens (including phenoxy) is 1. The van der Waals surface area contributed by atoms with E-state index in [4.69, 9.17) is 27.9 Å². The first-order valence-corrected chi connectivity index (χ1v) is 10.5. The number of imidazole rings is 1. The van der Waals surface area contributed by atoms with Gasteiger partial charge in [-0.1, -0.05) is 23.2 Å². The van der Waals surface area contributed by atoms with Crippen LogP contribution in [0.3, 0.4) is 0 Å². The molecule has 158 valence electrons. The maximum atomic E-state index is 14.4. The van der Waals surface area contributed by atoms with Crippen LogP contribution in [-0.4, -0.2) is 31.0 Å². The lowest BCUT2D eigenvalue weighted by Gasteiger charge is -2.12.